The fraction of sp³-hybridized carbons (Fsp3) is 0.808. The van der Waals surface area contributed by atoms with Gasteiger partial charge in [-0.3, -0.25) is 14.4 Å². The third-order valence-corrected chi connectivity index (χ3v) is 10.1. The van der Waals surface area contributed by atoms with E-state index in [4.69, 9.17) is 9.47 Å². The molecule has 0 amide bonds. The van der Waals surface area contributed by atoms with Gasteiger partial charge in [-0.25, -0.2) is 0 Å². The van der Waals surface area contributed by atoms with E-state index in [0.29, 0.717) is 32.1 Å². The number of hydrogen-bond donors (Lipinski definition) is 2. The molecule has 1 spiro atoms. The van der Waals surface area contributed by atoms with Gasteiger partial charge in [-0.15, -0.1) is 0 Å². The predicted molar refractivity (Wildman–Crippen MR) is 118 cm³/mol. The zero-order chi connectivity index (χ0) is 24.0. The molecule has 2 N–H and O–H groups in total. The number of ether oxygens (including phenoxy) is 2. The molecule has 7 nitrogen and oxygen atoms in total. The molecule has 7 heteroatoms. The van der Waals surface area contributed by atoms with Crippen LogP contribution in [-0.2, 0) is 23.9 Å². The molecule has 3 saturated carbocycles. The lowest BCUT2D eigenvalue weighted by Crippen LogP contribution is -2.63. The number of carbonyl (C=O) groups is 3. The number of carboxylic acid groups (broad SMARTS) is 1. The van der Waals surface area contributed by atoms with Gasteiger partial charge >= 0.3 is 11.9 Å². The Morgan fingerprint density at radius 1 is 1.27 bits per heavy atom. The van der Waals surface area contributed by atoms with E-state index in [1.807, 2.05) is 13.8 Å². The first kappa shape index (κ1) is 23.0. The van der Waals surface area contributed by atoms with Crippen molar-refractivity contribution in [3.05, 3.63) is 11.6 Å². The van der Waals surface area contributed by atoms with Crippen LogP contribution >= 0.6 is 0 Å². The second-order valence-corrected chi connectivity index (χ2v) is 11.9. The molecule has 1 saturated heterocycles. The van der Waals surface area contributed by atoms with Crippen LogP contribution in [-0.4, -0.2) is 51.3 Å². The molecule has 2 unspecified atom stereocenters. The van der Waals surface area contributed by atoms with E-state index in [9.17, 15) is 24.6 Å². The van der Waals surface area contributed by atoms with Gasteiger partial charge in [0, 0.05) is 29.6 Å². The van der Waals surface area contributed by atoms with E-state index in [1.54, 1.807) is 6.08 Å². The zero-order valence-corrected chi connectivity index (χ0v) is 20.1. The van der Waals surface area contributed by atoms with E-state index in [0.717, 1.165) is 12.0 Å². The third kappa shape index (κ3) is 2.97. The maximum Gasteiger partial charge on any atom is 0.309 e. The number of ketones is 1. The molecule has 4 aliphatic carbocycles. The molecule has 0 aromatic rings. The molecule has 182 valence electrons. The van der Waals surface area contributed by atoms with E-state index < -0.39 is 28.5 Å². The average Bonchev–Trinajstić information content (AvgIpc) is 3.38. The highest BCUT2D eigenvalue weighted by atomic mass is 16.6. The number of esters is 1. The van der Waals surface area contributed by atoms with Gasteiger partial charge < -0.3 is 19.7 Å². The highest BCUT2D eigenvalue weighted by Gasteiger charge is 2.82. The Kier molecular flexibility index (Phi) is 4.98. The summed E-state index contributed by atoms with van der Waals surface area (Å²) in [4.78, 5) is 37.0. The average molecular weight is 461 g/mol. The SMILES string of the molecule is CC(C)OC(=O)C1CC2=CC(=O)CC[C@]2(C)[C@@]23OC2C[C@@]2(C)[C@@H](CC[C@]2(O)CCC(=O)O)[C@H]13. The maximum atomic E-state index is 13.4. The second-order valence-electron chi connectivity index (χ2n) is 11.9. The van der Waals surface area contributed by atoms with Gasteiger partial charge in [-0.2, -0.15) is 0 Å². The minimum Gasteiger partial charge on any atom is -0.481 e. The molecule has 8 atom stereocenters. The molecular weight excluding hydrogens is 424 g/mol. The fourth-order valence-corrected chi connectivity index (χ4v) is 8.39. The molecule has 0 bridgehead atoms. The lowest BCUT2D eigenvalue weighted by molar-refractivity contribution is -0.169. The van der Waals surface area contributed by atoms with Crippen molar-refractivity contribution in [3.63, 3.8) is 0 Å². The standard InChI is InChI=1S/C26H36O7/c1-14(2)32-22(30)17-12-15-11-16(27)5-8-23(15,3)26-19(33-26)13-24(4)18(21(17)26)6-9-25(24,31)10-7-20(28)29/h11,14,17-19,21,31H,5-10,12-13H2,1-4H3,(H,28,29)/t17?,18-,19?,21-,23-,24-,25-,26+/m0/s1. The van der Waals surface area contributed by atoms with Crippen molar-refractivity contribution in [2.75, 3.05) is 0 Å². The molecule has 0 radical (unpaired) electrons. The lowest BCUT2D eigenvalue weighted by Gasteiger charge is -2.58. The summed E-state index contributed by atoms with van der Waals surface area (Å²) in [6.45, 7) is 7.94. The van der Waals surface area contributed by atoms with Gasteiger partial charge in [0.25, 0.3) is 0 Å². The summed E-state index contributed by atoms with van der Waals surface area (Å²) in [6.07, 6.45) is 5.10. The number of fused-ring (bicyclic) bond motifs is 3. The number of epoxide rings is 1. The first-order valence-corrected chi connectivity index (χ1v) is 12.4. The summed E-state index contributed by atoms with van der Waals surface area (Å²) >= 11 is 0. The van der Waals surface area contributed by atoms with Crippen molar-refractivity contribution in [1.82, 2.24) is 0 Å². The Labute approximate surface area is 194 Å². The van der Waals surface area contributed by atoms with Crippen LogP contribution in [0.2, 0.25) is 0 Å². The fourth-order valence-electron chi connectivity index (χ4n) is 8.39. The molecule has 5 aliphatic rings. The first-order chi connectivity index (χ1) is 15.4. The lowest BCUT2D eigenvalue weighted by atomic mass is 9.43. The van der Waals surface area contributed by atoms with E-state index in [2.05, 4.69) is 13.8 Å². The summed E-state index contributed by atoms with van der Waals surface area (Å²) in [6, 6.07) is 0. The number of rotatable bonds is 5. The number of aliphatic hydroxyl groups is 1. The molecule has 1 heterocycles. The highest BCUT2D eigenvalue weighted by molar-refractivity contribution is 5.92. The van der Waals surface area contributed by atoms with Gasteiger partial charge in [0.05, 0.1) is 23.7 Å². The van der Waals surface area contributed by atoms with Crippen LogP contribution in [0.25, 0.3) is 0 Å². The van der Waals surface area contributed by atoms with Crippen molar-refractivity contribution in [3.8, 4) is 0 Å². The van der Waals surface area contributed by atoms with Gasteiger partial charge in [0.15, 0.2) is 5.78 Å². The van der Waals surface area contributed by atoms with Crippen LogP contribution in [0.15, 0.2) is 11.6 Å². The van der Waals surface area contributed by atoms with Gasteiger partial charge in [-0.1, -0.05) is 19.4 Å². The minimum absolute atomic E-state index is 0.0239. The summed E-state index contributed by atoms with van der Waals surface area (Å²) in [7, 11) is 0. The first-order valence-electron chi connectivity index (χ1n) is 12.4. The third-order valence-electron chi connectivity index (χ3n) is 10.1. The van der Waals surface area contributed by atoms with Gasteiger partial charge in [-0.05, 0) is 64.4 Å². The smallest absolute Gasteiger partial charge is 0.309 e. The van der Waals surface area contributed by atoms with E-state index in [1.165, 1.54) is 0 Å². The molecule has 5 rings (SSSR count). The summed E-state index contributed by atoms with van der Waals surface area (Å²) in [5.74, 6) is -1.59. The summed E-state index contributed by atoms with van der Waals surface area (Å²) in [5, 5.41) is 21.0. The minimum atomic E-state index is -1.10. The van der Waals surface area contributed by atoms with Crippen molar-refractivity contribution in [2.24, 2.45) is 28.6 Å². The van der Waals surface area contributed by atoms with Crippen LogP contribution in [0, 0.1) is 28.6 Å². The monoisotopic (exact) mass is 460 g/mol. The number of carbonyl (C=O) groups excluding carboxylic acids is 2. The second kappa shape index (κ2) is 7.14. The molecule has 1 aliphatic heterocycles. The number of carboxylic acids is 1. The largest absolute Gasteiger partial charge is 0.481 e. The number of hydrogen-bond acceptors (Lipinski definition) is 6. The van der Waals surface area contributed by atoms with Gasteiger partial charge in [0.2, 0.25) is 0 Å². The molecular formula is C26H36O7. The summed E-state index contributed by atoms with van der Waals surface area (Å²) < 4.78 is 12.3. The van der Waals surface area contributed by atoms with E-state index in [-0.39, 0.29) is 54.1 Å². The molecule has 0 aromatic heterocycles. The normalized spacial score (nSPS) is 47.7. The predicted octanol–water partition coefficient (Wildman–Crippen LogP) is 3.42. The van der Waals surface area contributed by atoms with Crippen molar-refractivity contribution in [1.29, 1.82) is 0 Å². The quantitative estimate of drug-likeness (QED) is 0.477. The number of aliphatic carboxylic acids is 1. The van der Waals surface area contributed by atoms with E-state index >= 15 is 0 Å². The summed E-state index contributed by atoms with van der Waals surface area (Å²) in [5.41, 5.74) is -1.46. The van der Waals surface area contributed by atoms with Gasteiger partial charge in [0.1, 0.15) is 5.60 Å². The Hall–Kier alpha value is -1.73. The van der Waals surface area contributed by atoms with Crippen molar-refractivity contribution in [2.45, 2.75) is 102 Å². The van der Waals surface area contributed by atoms with Crippen LogP contribution in [0.1, 0.15) is 79.1 Å². The Balaban J connectivity index is 1.58. The van der Waals surface area contributed by atoms with Crippen LogP contribution in [0.4, 0.5) is 0 Å². The Morgan fingerprint density at radius 2 is 2.00 bits per heavy atom. The zero-order valence-electron chi connectivity index (χ0n) is 20.1. The van der Waals surface area contributed by atoms with Crippen LogP contribution in [0.3, 0.4) is 0 Å². The van der Waals surface area contributed by atoms with Crippen LogP contribution in [0.5, 0.6) is 0 Å². The molecule has 4 fully saturated rings. The van der Waals surface area contributed by atoms with Crippen LogP contribution < -0.4 is 0 Å². The Bertz CT molecular complexity index is 939. The Morgan fingerprint density at radius 3 is 2.67 bits per heavy atom. The molecule has 0 aromatic carbocycles. The van der Waals surface area contributed by atoms with Crippen molar-refractivity contribution >= 4 is 17.7 Å². The topological polar surface area (TPSA) is 113 Å². The molecule has 33 heavy (non-hydrogen) atoms. The highest BCUT2D eigenvalue weighted by Crippen LogP contribution is 2.77. The maximum absolute atomic E-state index is 13.4. The van der Waals surface area contributed by atoms with Crippen molar-refractivity contribution < 1.29 is 34.1 Å².